The molecule has 0 aliphatic heterocycles. The van der Waals surface area contributed by atoms with E-state index in [2.05, 4.69) is 9.84 Å². The molecule has 1 unspecified atom stereocenters. The first-order valence-electron chi connectivity index (χ1n) is 10.5. The number of rotatable bonds is 14. The third kappa shape index (κ3) is 10.4. The number of ketones is 1. The Morgan fingerprint density at radius 3 is 2.36 bits per heavy atom. The van der Waals surface area contributed by atoms with Crippen LogP contribution in [0.5, 0.6) is 5.75 Å². The lowest BCUT2D eigenvalue weighted by Gasteiger charge is -2.16. The van der Waals surface area contributed by atoms with Gasteiger partial charge in [0.05, 0.1) is 6.42 Å². The number of nitrogens with zero attached hydrogens (tertiary/aromatic N) is 1. The van der Waals surface area contributed by atoms with Gasteiger partial charge in [-0.3, -0.25) is 9.59 Å². The van der Waals surface area contributed by atoms with Gasteiger partial charge < -0.3 is 24.2 Å². The molecule has 0 saturated heterocycles. The van der Waals surface area contributed by atoms with Gasteiger partial charge in [-0.25, -0.2) is 4.79 Å². The van der Waals surface area contributed by atoms with E-state index < -0.39 is 15.2 Å². The molecule has 1 N–H and O–H groups in total. The van der Waals surface area contributed by atoms with Crippen LogP contribution in [0.1, 0.15) is 28.8 Å². The molecule has 0 bridgehead atoms. The van der Waals surface area contributed by atoms with Crippen molar-refractivity contribution in [1.29, 1.82) is 0 Å². The molecule has 2 rings (SSSR count). The minimum absolute atomic E-state index is 0.0584. The van der Waals surface area contributed by atoms with E-state index in [0.717, 1.165) is 0 Å². The van der Waals surface area contributed by atoms with Crippen LogP contribution in [0.4, 0.5) is 8.99 Å². The molecule has 0 saturated carbocycles. The minimum atomic E-state index is -1.37. The maximum Gasteiger partial charge on any atom is 0.411 e. The minimum Gasteiger partial charge on any atom is -0.490 e. The van der Waals surface area contributed by atoms with Crippen molar-refractivity contribution in [3.63, 3.8) is 0 Å². The van der Waals surface area contributed by atoms with Crippen LogP contribution in [0, 0.1) is 0 Å². The highest BCUT2D eigenvalue weighted by Gasteiger charge is 2.09. The van der Waals surface area contributed by atoms with Crippen molar-refractivity contribution >= 4 is 27.0 Å². The summed E-state index contributed by atoms with van der Waals surface area (Å²) >= 11 is 0. The van der Waals surface area contributed by atoms with Gasteiger partial charge in [-0.05, 0) is 44.3 Å². The van der Waals surface area contributed by atoms with E-state index in [1.807, 2.05) is 30.1 Å². The molecule has 8 nitrogen and oxygen atoms in total. The average molecular weight is 478 g/mol. The summed E-state index contributed by atoms with van der Waals surface area (Å²) in [4.78, 5) is 37.1. The highest BCUT2D eigenvalue weighted by atomic mass is 31.1. The topological polar surface area (TPSA) is 94.2 Å². The lowest BCUT2D eigenvalue weighted by molar-refractivity contribution is -0.144. The Bertz CT molecular complexity index is 882. The van der Waals surface area contributed by atoms with Gasteiger partial charge in [-0.1, -0.05) is 30.3 Å². The van der Waals surface area contributed by atoms with Crippen molar-refractivity contribution in [2.24, 2.45) is 0 Å². The molecular formula is C23H28FN2O6P. The van der Waals surface area contributed by atoms with Crippen molar-refractivity contribution in [2.45, 2.75) is 12.8 Å². The molecule has 1 amide bonds. The van der Waals surface area contributed by atoms with Crippen molar-refractivity contribution in [1.82, 2.24) is 10.2 Å². The number of esters is 1. The molecule has 0 aliphatic carbocycles. The normalized spacial score (nSPS) is 10.9. The molecule has 0 aliphatic rings. The molecule has 0 heterocycles. The molecule has 178 valence electrons. The van der Waals surface area contributed by atoms with Gasteiger partial charge in [0.15, 0.2) is 5.78 Å². The Hall–Kier alpha value is -3.03. The second-order valence-corrected chi connectivity index (χ2v) is 7.45. The monoisotopic (exact) mass is 478 g/mol. The zero-order chi connectivity index (χ0) is 23.9. The van der Waals surface area contributed by atoms with Crippen LogP contribution in [0.25, 0.3) is 0 Å². The standard InChI is InChI=1S/C23H28FN2O6P/c1-26(14-5-13-25-23(29)32-33-24)15-12-21(27)31-17-16-30-20-10-8-19(9-11-20)22(28)18-6-3-2-4-7-18/h2-4,6-11,33H,5,12-17H2,1H3,(H,25,29). The molecule has 0 spiro atoms. The average Bonchev–Trinajstić information content (AvgIpc) is 2.84. The molecule has 0 aromatic heterocycles. The number of amides is 1. The summed E-state index contributed by atoms with van der Waals surface area (Å²) in [6, 6.07) is 15.9. The molecule has 0 radical (unpaired) electrons. The molecule has 2 aromatic carbocycles. The summed E-state index contributed by atoms with van der Waals surface area (Å²) in [5.74, 6) is 0.191. The maximum atomic E-state index is 12.4. The fraction of sp³-hybridized carbons (Fsp3) is 0.348. The zero-order valence-electron chi connectivity index (χ0n) is 18.4. The summed E-state index contributed by atoms with van der Waals surface area (Å²) in [6.45, 7) is 1.84. The Labute approximate surface area is 194 Å². The quantitative estimate of drug-likeness (QED) is 0.191. The van der Waals surface area contributed by atoms with E-state index in [1.165, 1.54) is 0 Å². The number of carbonyl (C=O) groups is 3. The smallest absolute Gasteiger partial charge is 0.411 e. The Balaban J connectivity index is 1.56. The van der Waals surface area contributed by atoms with Crippen LogP contribution in [0.2, 0.25) is 0 Å². The van der Waals surface area contributed by atoms with Gasteiger partial charge >= 0.3 is 12.1 Å². The Morgan fingerprint density at radius 2 is 1.67 bits per heavy atom. The molecular weight excluding hydrogens is 450 g/mol. The van der Waals surface area contributed by atoms with E-state index >= 15 is 0 Å². The van der Waals surface area contributed by atoms with Crippen molar-refractivity contribution in [3.8, 4) is 5.75 Å². The van der Waals surface area contributed by atoms with Crippen molar-refractivity contribution in [2.75, 3.05) is 39.9 Å². The number of nitrogens with one attached hydrogen (secondary N) is 1. The van der Waals surface area contributed by atoms with E-state index in [1.54, 1.807) is 36.4 Å². The highest BCUT2D eigenvalue weighted by Crippen LogP contribution is 2.15. The van der Waals surface area contributed by atoms with Gasteiger partial charge in [0.1, 0.15) is 19.0 Å². The first-order valence-corrected chi connectivity index (χ1v) is 11.3. The van der Waals surface area contributed by atoms with E-state index in [9.17, 15) is 18.6 Å². The van der Waals surface area contributed by atoms with Gasteiger partial charge in [-0.2, -0.15) is 4.20 Å². The number of halogens is 1. The first kappa shape index (κ1) is 26.2. The van der Waals surface area contributed by atoms with Crippen LogP contribution < -0.4 is 10.1 Å². The SMILES string of the molecule is CN(CCCNC(=O)OPF)CCC(=O)OCCOc1ccc(C(=O)c2ccccc2)cc1. The lowest BCUT2D eigenvalue weighted by atomic mass is 10.0. The number of ether oxygens (including phenoxy) is 2. The fourth-order valence-electron chi connectivity index (χ4n) is 2.85. The molecule has 1 atom stereocenters. The van der Waals surface area contributed by atoms with Crippen molar-refractivity contribution < 1.29 is 32.6 Å². The second kappa shape index (κ2) is 14.9. The van der Waals surface area contributed by atoms with Crippen LogP contribution in [-0.2, 0) is 14.1 Å². The summed E-state index contributed by atoms with van der Waals surface area (Å²) in [5, 5.41) is 2.42. The van der Waals surface area contributed by atoms with Crippen molar-refractivity contribution in [3.05, 3.63) is 65.7 Å². The van der Waals surface area contributed by atoms with Crippen LogP contribution in [0.15, 0.2) is 54.6 Å². The molecule has 33 heavy (non-hydrogen) atoms. The summed E-state index contributed by atoms with van der Waals surface area (Å²) in [6.07, 6.45) is 0.0890. The number of hydrogen-bond donors (Lipinski definition) is 1. The third-order valence-electron chi connectivity index (χ3n) is 4.58. The maximum absolute atomic E-state index is 12.4. The highest BCUT2D eigenvalue weighted by molar-refractivity contribution is 7.26. The Morgan fingerprint density at radius 1 is 0.970 bits per heavy atom. The molecule has 10 heteroatoms. The Kier molecular flexibility index (Phi) is 11.9. The second-order valence-electron chi connectivity index (χ2n) is 7.09. The largest absolute Gasteiger partial charge is 0.490 e. The van der Waals surface area contributed by atoms with Gasteiger partial charge in [0, 0.05) is 24.2 Å². The molecule has 2 aromatic rings. The van der Waals surface area contributed by atoms with E-state index in [4.69, 9.17) is 9.47 Å². The zero-order valence-corrected chi connectivity index (χ0v) is 19.4. The van der Waals surface area contributed by atoms with E-state index in [-0.39, 0.29) is 31.4 Å². The predicted molar refractivity (Wildman–Crippen MR) is 123 cm³/mol. The van der Waals surface area contributed by atoms with Gasteiger partial charge in [0.25, 0.3) is 9.12 Å². The van der Waals surface area contributed by atoms with Gasteiger partial charge in [0.2, 0.25) is 0 Å². The first-order chi connectivity index (χ1) is 16.0. The van der Waals surface area contributed by atoms with E-state index in [0.29, 0.717) is 42.9 Å². The van der Waals surface area contributed by atoms with Gasteiger partial charge in [-0.15, -0.1) is 0 Å². The van der Waals surface area contributed by atoms with Crippen LogP contribution >= 0.6 is 9.12 Å². The number of benzene rings is 2. The number of hydrogen-bond acceptors (Lipinski definition) is 7. The fourth-order valence-corrected chi connectivity index (χ4v) is 2.99. The number of carbonyl (C=O) groups excluding carboxylic acids is 3. The van der Waals surface area contributed by atoms with Crippen LogP contribution in [0.3, 0.4) is 0 Å². The summed E-state index contributed by atoms with van der Waals surface area (Å²) < 4.78 is 26.7. The lowest BCUT2D eigenvalue weighted by Crippen LogP contribution is -2.29. The molecule has 0 fully saturated rings. The third-order valence-corrected chi connectivity index (χ3v) is 4.85. The van der Waals surface area contributed by atoms with Crippen LogP contribution in [-0.4, -0.2) is 62.6 Å². The summed E-state index contributed by atoms with van der Waals surface area (Å²) in [7, 11) is 0.483. The predicted octanol–water partition coefficient (Wildman–Crippen LogP) is 3.76. The summed E-state index contributed by atoms with van der Waals surface area (Å²) in [5.41, 5.74) is 1.19.